The summed E-state index contributed by atoms with van der Waals surface area (Å²) in [6, 6.07) is 9.38. The molecule has 8 heteroatoms. The fourth-order valence-electron chi connectivity index (χ4n) is 3.22. The van der Waals surface area contributed by atoms with Gasteiger partial charge in [-0.1, -0.05) is 36.8 Å². The first-order valence-corrected chi connectivity index (χ1v) is 10.9. The van der Waals surface area contributed by atoms with E-state index < -0.39 is 22.9 Å². The zero-order valence-corrected chi connectivity index (χ0v) is 16.4. The molecule has 0 heterocycles. The van der Waals surface area contributed by atoms with Crippen LogP contribution >= 0.6 is 0 Å². The standard InChI is InChI=1S/C19H28F3N3OS/c1-2-23-18(25-17-10-6-9-16(13-17)19(20,21)22)24-11-12-27(26)14-15-7-4-3-5-8-15/h3-5,7-8,16-17H,2,6,9-14H2,1H3,(H2,23,24,25). The van der Waals surface area contributed by atoms with E-state index in [2.05, 4.69) is 15.6 Å². The van der Waals surface area contributed by atoms with Crippen LogP contribution in [0.1, 0.15) is 38.2 Å². The summed E-state index contributed by atoms with van der Waals surface area (Å²) in [6.45, 7) is 2.89. The maximum absolute atomic E-state index is 13.0. The Morgan fingerprint density at radius 2 is 2.00 bits per heavy atom. The van der Waals surface area contributed by atoms with E-state index in [4.69, 9.17) is 0 Å². The van der Waals surface area contributed by atoms with Crippen LogP contribution < -0.4 is 10.6 Å². The second kappa shape index (κ2) is 10.7. The number of hydrogen-bond acceptors (Lipinski definition) is 2. The van der Waals surface area contributed by atoms with Gasteiger partial charge in [0.1, 0.15) is 0 Å². The van der Waals surface area contributed by atoms with Crippen LogP contribution in [0.2, 0.25) is 0 Å². The van der Waals surface area contributed by atoms with Crippen molar-refractivity contribution in [2.75, 3.05) is 18.8 Å². The normalized spacial score (nSPS) is 22.3. The Morgan fingerprint density at radius 1 is 1.26 bits per heavy atom. The van der Waals surface area contributed by atoms with Gasteiger partial charge >= 0.3 is 6.18 Å². The quantitative estimate of drug-likeness (QED) is 0.540. The number of hydrogen-bond donors (Lipinski definition) is 2. The average Bonchev–Trinajstić information content (AvgIpc) is 2.62. The lowest BCUT2D eigenvalue weighted by molar-refractivity contribution is -0.183. The van der Waals surface area contributed by atoms with Gasteiger partial charge in [0.15, 0.2) is 5.96 Å². The van der Waals surface area contributed by atoms with E-state index >= 15 is 0 Å². The van der Waals surface area contributed by atoms with Gasteiger partial charge in [-0.2, -0.15) is 13.2 Å². The predicted molar refractivity (Wildman–Crippen MR) is 104 cm³/mol. The van der Waals surface area contributed by atoms with Crippen molar-refractivity contribution >= 4 is 16.8 Å². The van der Waals surface area contributed by atoms with E-state index in [0.29, 0.717) is 43.4 Å². The van der Waals surface area contributed by atoms with Crippen LogP contribution in [0.3, 0.4) is 0 Å². The van der Waals surface area contributed by atoms with Crippen molar-refractivity contribution in [3.8, 4) is 0 Å². The van der Waals surface area contributed by atoms with Crippen molar-refractivity contribution in [1.82, 2.24) is 10.6 Å². The SMILES string of the molecule is CCNC(=NCCS(=O)Cc1ccccc1)NC1CCCC(C(F)(F)F)C1. The lowest BCUT2D eigenvalue weighted by atomic mass is 9.85. The zero-order valence-electron chi connectivity index (χ0n) is 15.6. The minimum atomic E-state index is -4.13. The summed E-state index contributed by atoms with van der Waals surface area (Å²) in [4.78, 5) is 4.40. The minimum Gasteiger partial charge on any atom is -0.357 e. The summed E-state index contributed by atoms with van der Waals surface area (Å²) in [5.74, 6) is 0.157. The molecular formula is C19H28F3N3OS. The monoisotopic (exact) mass is 403 g/mol. The number of benzene rings is 1. The molecule has 0 bridgehead atoms. The zero-order chi connectivity index (χ0) is 19.7. The van der Waals surface area contributed by atoms with Gasteiger partial charge in [-0.05, 0) is 31.7 Å². The Morgan fingerprint density at radius 3 is 2.67 bits per heavy atom. The molecule has 3 unspecified atom stereocenters. The Labute approximate surface area is 161 Å². The van der Waals surface area contributed by atoms with Crippen LogP contribution in [0.4, 0.5) is 13.2 Å². The van der Waals surface area contributed by atoms with Gasteiger partial charge in [0.2, 0.25) is 0 Å². The maximum atomic E-state index is 13.0. The van der Waals surface area contributed by atoms with E-state index in [0.717, 1.165) is 5.56 Å². The predicted octanol–water partition coefficient (Wildman–Crippen LogP) is 3.61. The van der Waals surface area contributed by atoms with Crippen LogP contribution in [-0.2, 0) is 16.6 Å². The maximum Gasteiger partial charge on any atom is 0.391 e. The third-order valence-corrected chi connectivity index (χ3v) is 5.87. The van der Waals surface area contributed by atoms with Gasteiger partial charge in [0, 0.05) is 34.9 Å². The van der Waals surface area contributed by atoms with Gasteiger partial charge < -0.3 is 10.6 Å². The van der Waals surface area contributed by atoms with Gasteiger partial charge in [-0.3, -0.25) is 9.20 Å². The number of nitrogens with one attached hydrogen (secondary N) is 2. The molecule has 1 aliphatic rings. The molecule has 4 nitrogen and oxygen atoms in total. The van der Waals surface area contributed by atoms with E-state index in [1.54, 1.807) is 0 Å². The number of rotatable bonds is 7. The van der Waals surface area contributed by atoms with Crippen molar-refractivity contribution < 1.29 is 17.4 Å². The van der Waals surface area contributed by atoms with Crippen molar-refractivity contribution in [3.63, 3.8) is 0 Å². The summed E-state index contributed by atoms with van der Waals surface area (Å²) in [5.41, 5.74) is 1.02. The molecule has 27 heavy (non-hydrogen) atoms. The van der Waals surface area contributed by atoms with Crippen LogP contribution in [0.25, 0.3) is 0 Å². The highest BCUT2D eigenvalue weighted by molar-refractivity contribution is 7.84. The number of aliphatic imine (C=N–C) groups is 1. The molecule has 3 atom stereocenters. The third-order valence-electron chi connectivity index (χ3n) is 4.58. The fourth-order valence-corrected chi connectivity index (χ4v) is 4.23. The van der Waals surface area contributed by atoms with Crippen molar-refractivity contribution in [2.45, 2.75) is 50.6 Å². The summed E-state index contributed by atoms with van der Waals surface area (Å²) >= 11 is 0. The van der Waals surface area contributed by atoms with E-state index in [9.17, 15) is 17.4 Å². The topological polar surface area (TPSA) is 53.5 Å². The lowest BCUT2D eigenvalue weighted by Gasteiger charge is -2.31. The Balaban J connectivity index is 1.83. The molecule has 1 aliphatic carbocycles. The first-order chi connectivity index (χ1) is 12.9. The molecule has 0 saturated heterocycles. The first-order valence-electron chi connectivity index (χ1n) is 9.39. The largest absolute Gasteiger partial charge is 0.391 e. The lowest BCUT2D eigenvalue weighted by Crippen LogP contribution is -2.47. The summed E-state index contributed by atoms with van der Waals surface area (Å²) in [7, 11) is -1.03. The molecule has 152 valence electrons. The molecule has 0 aromatic heterocycles. The molecule has 0 amide bonds. The van der Waals surface area contributed by atoms with Crippen LogP contribution in [0, 0.1) is 5.92 Å². The molecule has 0 aliphatic heterocycles. The molecule has 0 spiro atoms. The van der Waals surface area contributed by atoms with Crippen LogP contribution in [0.5, 0.6) is 0 Å². The molecular weight excluding hydrogens is 375 g/mol. The van der Waals surface area contributed by atoms with Gasteiger partial charge in [0.25, 0.3) is 0 Å². The molecule has 1 aromatic carbocycles. The summed E-state index contributed by atoms with van der Waals surface area (Å²) < 4.78 is 51.1. The summed E-state index contributed by atoms with van der Waals surface area (Å²) in [6.07, 6.45) is -2.59. The van der Waals surface area contributed by atoms with Crippen molar-refractivity contribution in [1.29, 1.82) is 0 Å². The molecule has 1 fully saturated rings. The van der Waals surface area contributed by atoms with Gasteiger partial charge in [-0.25, -0.2) is 0 Å². The Bertz CT molecular complexity index is 622. The molecule has 2 N–H and O–H groups in total. The smallest absolute Gasteiger partial charge is 0.357 e. The minimum absolute atomic E-state index is 0.0772. The summed E-state index contributed by atoms with van der Waals surface area (Å²) in [5, 5.41) is 6.19. The van der Waals surface area contributed by atoms with Crippen LogP contribution in [-0.4, -0.2) is 41.2 Å². The highest BCUT2D eigenvalue weighted by Gasteiger charge is 2.42. The third kappa shape index (κ3) is 7.91. The number of halogens is 3. The number of guanidine groups is 1. The molecule has 2 rings (SSSR count). The average molecular weight is 404 g/mol. The number of alkyl halides is 3. The van der Waals surface area contributed by atoms with Gasteiger partial charge in [-0.15, -0.1) is 0 Å². The molecule has 0 radical (unpaired) electrons. The van der Waals surface area contributed by atoms with E-state index in [1.165, 1.54) is 0 Å². The second-order valence-electron chi connectivity index (χ2n) is 6.78. The van der Waals surface area contributed by atoms with Gasteiger partial charge in [0.05, 0.1) is 12.5 Å². The highest BCUT2D eigenvalue weighted by atomic mass is 32.2. The Kier molecular flexibility index (Phi) is 8.60. The second-order valence-corrected chi connectivity index (χ2v) is 8.36. The highest BCUT2D eigenvalue weighted by Crippen LogP contribution is 2.37. The van der Waals surface area contributed by atoms with Crippen molar-refractivity contribution in [3.05, 3.63) is 35.9 Å². The first kappa shape index (κ1) is 21.7. The van der Waals surface area contributed by atoms with Crippen LogP contribution in [0.15, 0.2) is 35.3 Å². The number of nitrogens with zero attached hydrogens (tertiary/aromatic N) is 1. The van der Waals surface area contributed by atoms with E-state index in [1.807, 2.05) is 37.3 Å². The van der Waals surface area contributed by atoms with E-state index in [-0.39, 0.29) is 18.9 Å². The Hall–Kier alpha value is -1.57. The van der Waals surface area contributed by atoms with Crippen molar-refractivity contribution in [2.24, 2.45) is 10.9 Å². The molecule has 1 saturated carbocycles. The molecule has 1 aromatic rings. The fraction of sp³-hybridized carbons (Fsp3) is 0.632.